The summed E-state index contributed by atoms with van der Waals surface area (Å²) in [4.78, 5) is 11.5. The molecule has 1 aromatic rings. The van der Waals surface area contributed by atoms with E-state index < -0.39 is 5.38 Å². The van der Waals surface area contributed by atoms with E-state index in [9.17, 15) is 4.79 Å². The van der Waals surface area contributed by atoms with Crippen LogP contribution in [0.25, 0.3) is 0 Å². The van der Waals surface area contributed by atoms with Crippen molar-refractivity contribution in [3.8, 4) is 6.07 Å². The maximum atomic E-state index is 11.5. The molecule has 0 heterocycles. The fraction of sp³-hybridized carbons (Fsp3) is 0.429. The van der Waals surface area contributed by atoms with Gasteiger partial charge in [-0.1, -0.05) is 37.3 Å². The molecule has 0 aliphatic carbocycles. The Morgan fingerprint density at radius 1 is 1.47 bits per heavy atom. The highest BCUT2D eigenvalue weighted by Gasteiger charge is 2.15. The molecule has 0 spiro atoms. The minimum atomic E-state index is -0.581. The van der Waals surface area contributed by atoms with Crippen LogP contribution in [-0.4, -0.2) is 29.0 Å². The van der Waals surface area contributed by atoms with Gasteiger partial charge in [0.2, 0.25) is 0 Å². The van der Waals surface area contributed by atoms with Gasteiger partial charge in [0, 0.05) is 11.7 Å². The van der Waals surface area contributed by atoms with Gasteiger partial charge in [-0.15, -0.1) is 23.4 Å². The van der Waals surface area contributed by atoms with E-state index in [-0.39, 0.29) is 17.0 Å². The molecule has 5 heteroatoms. The highest BCUT2D eigenvalue weighted by atomic mass is 35.5. The van der Waals surface area contributed by atoms with E-state index in [1.165, 1.54) is 11.8 Å². The Morgan fingerprint density at radius 2 is 2.16 bits per heavy atom. The first-order valence-corrected chi connectivity index (χ1v) is 7.47. The summed E-state index contributed by atoms with van der Waals surface area (Å²) in [7, 11) is 0. The fourth-order valence-electron chi connectivity index (χ4n) is 1.36. The Labute approximate surface area is 122 Å². The standard InChI is InChI=1S/C14H16ClNO2S/c1-11(13(15)9-16)19-10-14(17)18-8-7-12-5-3-2-4-6-12/h2-6,11,13H,7-8,10H2,1H3. The monoisotopic (exact) mass is 297 g/mol. The summed E-state index contributed by atoms with van der Waals surface area (Å²) < 4.78 is 5.12. The molecule has 0 aromatic heterocycles. The third-order valence-electron chi connectivity index (χ3n) is 2.50. The van der Waals surface area contributed by atoms with E-state index in [2.05, 4.69) is 0 Å². The van der Waals surface area contributed by atoms with Crippen LogP contribution in [0, 0.1) is 11.3 Å². The molecule has 1 aromatic carbocycles. The molecule has 0 aliphatic heterocycles. The van der Waals surface area contributed by atoms with Crippen molar-refractivity contribution in [1.29, 1.82) is 5.26 Å². The molecule has 0 N–H and O–H groups in total. The van der Waals surface area contributed by atoms with Crippen molar-refractivity contribution in [2.75, 3.05) is 12.4 Å². The molecule has 0 bridgehead atoms. The second kappa shape index (κ2) is 8.84. The van der Waals surface area contributed by atoms with Crippen molar-refractivity contribution in [1.82, 2.24) is 0 Å². The number of esters is 1. The lowest BCUT2D eigenvalue weighted by atomic mass is 10.2. The van der Waals surface area contributed by atoms with E-state index in [0.717, 1.165) is 5.56 Å². The van der Waals surface area contributed by atoms with Crippen LogP contribution in [0.5, 0.6) is 0 Å². The van der Waals surface area contributed by atoms with Crippen LogP contribution in [-0.2, 0) is 16.0 Å². The Balaban J connectivity index is 2.17. The normalized spacial score (nSPS) is 13.3. The zero-order chi connectivity index (χ0) is 14.1. The van der Waals surface area contributed by atoms with Crippen LogP contribution >= 0.6 is 23.4 Å². The van der Waals surface area contributed by atoms with Crippen LogP contribution in [0.2, 0.25) is 0 Å². The number of nitriles is 1. The van der Waals surface area contributed by atoms with Crippen molar-refractivity contribution in [3.63, 3.8) is 0 Å². The molecule has 0 saturated carbocycles. The maximum absolute atomic E-state index is 11.5. The van der Waals surface area contributed by atoms with Gasteiger partial charge in [0.05, 0.1) is 18.4 Å². The number of ether oxygens (including phenoxy) is 1. The quantitative estimate of drug-likeness (QED) is 0.573. The molecular formula is C14H16ClNO2S. The summed E-state index contributed by atoms with van der Waals surface area (Å²) in [6, 6.07) is 11.8. The number of carbonyl (C=O) groups is 1. The van der Waals surface area contributed by atoms with Gasteiger partial charge >= 0.3 is 5.97 Å². The maximum Gasteiger partial charge on any atom is 0.315 e. The summed E-state index contributed by atoms with van der Waals surface area (Å²) >= 11 is 7.08. The van der Waals surface area contributed by atoms with E-state index in [0.29, 0.717) is 13.0 Å². The van der Waals surface area contributed by atoms with Crippen LogP contribution < -0.4 is 0 Å². The van der Waals surface area contributed by atoms with Gasteiger partial charge in [-0.2, -0.15) is 5.26 Å². The van der Waals surface area contributed by atoms with Crippen LogP contribution in [0.15, 0.2) is 30.3 Å². The van der Waals surface area contributed by atoms with Gasteiger partial charge in [-0.3, -0.25) is 4.79 Å². The minimum Gasteiger partial charge on any atom is -0.465 e. The first-order valence-electron chi connectivity index (χ1n) is 5.98. The smallest absolute Gasteiger partial charge is 0.315 e. The first-order chi connectivity index (χ1) is 9.13. The molecular weight excluding hydrogens is 282 g/mol. The SMILES string of the molecule is CC(SCC(=O)OCCc1ccccc1)C(Cl)C#N. The number of nitrogens with zero attached hydrogens (tertiary/aromatic N) is 1. The van der Waals surface area contributed by atoms with Gasteiger partial charge < -0.3 is 4.74 Å². The molecule has 3 nitrogen and oxygen atoms in total. The molecule has 102 valence electrons. The predicted octanol–water partition coefficient (Wildman–Crippen LogP) is 3.02. The highest BCUT2D eigenvalue weighted by molar-refractivity contribution is 8.00. The number of hydrogen-bond donors (Lipinski definition) is 0. The first kappa shape index (κ1) is 15.9. The van der Waals surface area contributed by atoms with E-state index in [1.54, 1.807) is 0 Å². The fourth-order valence-corrected chi connectivity index (χ4v) is 2.29. The Morgan fingerprint density at radius 3 is 2.79 bits per heavy atom. The molecule has 1 rings (SSSR count). The lowest BCUT2D eigenvalue weighted by Crippen LogP contribution is -2.16. The summed E-state index contributed by atoms with van der Waals surface area (Å²) in [5, 5.41) is 7.96. The zero-order valence-electron chi connectivity index (χ0n) is 10.7. The van der Waals surface area contributed by atoms with Crippen molar-refractivity contribution in [3.05, 3.63) is 35.9 Å². The lowest BCUT2D eigenvalue weighted by Gasteiger charge is -2.11. The second-order valence-corrected chi connectivity index (χ2v) is 5.84. The second-order valence-electron chi connectivity index (χ2n) is 4.00. The zero-order valence-corrected chi connectivity index (χ0v) is 12.3. The molecule has 19 heavy (non-hydrogen) atoms. The number of rotatable bonds is 7. The van der Waals surface area contributed by atoms with Gasteiger partial charge in [0.1, 0.15) is 5.38 Å². The highest BCUT2D eigenvalue weighted by Crippen LogP contribution is 2.18. The number of halogens is 1. The average Bonchev–Trinajstić information content (AvgIpc) is 2.45. The van der Waals surface area contributed by atoms with Crippen LogP contribution in [0.1, 0.15) is 12.5 Å². The molecule has 0 aliphatic rings. The van der Waals surface area contributed by atoms with Crippen molar-refractivity contribution in [2.45, 2.75) is 24.0 Å². The predicted molar refractivity (Wildman–Crippen MR) is 78.3 cm³/mol. The van der Waals surface area contributed by atoms with Crippen molar-refractivity contribution < 1.29 is 9.53 Å². The largest absolute Gasteiger partial charge is 0.465 e. The lowest BCUT2D eigenvalue weighted by molar-refractivity contribution is -0.140. The summed E-state index contributed by atoms with van der Waals surface area (Å²) in [5.74, 6) is -0.0458. The van der Waals surface area contributed by atoms with Gasteiger partial charge in [0.15, 0.2) is 0 Å². The van der Waals surface area contributed by atoms with Crippen LogP contribution in [0.4, 0.5) is 0 Å². The molecule has 0 amide bonds. The van der Waals surface area contributed by atoms with Crippen molar-refractivity contribution >= 4 is 29.3 Å². The third-order valence-corrected chi connectivity index (χ3v) is 4.32. The molecule has 2 unspecified atom stereocenters. The summed E-state index contributed by atoms with van der Waals surface area (Å²) in [6.45, 7) is 2.20. The van der Waals surface area contributed by atoms with Gasteiger partial charge in [-0.05, 0) is 5.56 Å². The Bertz CT molecular complexity index is 433. The van der Waals surface area contributed by atoms with E-state index in [1.807, 2.05) is 43.3 Å². The molecule has 0 saturated heterocycles. The number of benzene rings is 1. The molecule has 2 atom stereocenters. The van der Waals surface area contributed by atoms with Crippen molar-refractivity contribution in [2.24, 2.45) is 0 Å². The van der Waals surface area contributed by atoms with E-state index >= 15 is 0 Å². The summed E-state index contributed by atoms with van der Waals surface area (Å²) in [5.41, 5.74) is 1.14. The summed E-state index contributed by atoms with van der Waals surface area (Å²) in [6.07, 6.45) is 0.711. The third kappa shape index (κ3) is 6.51. The number of thioether (sulfide) groups is 1. The molecule has 0 radical (unpaired) electrons. The minimum absolute atomic E-state index is 0.0895. The topological polar surface area (TPSA) is 50.1 Å². The number of hydrogen-bond acceptors (Lipinski definition) is 4. The number of carbonyl (C=O) groups excluding carboxylic acids is 1. The Hall–Kier alpha value is -1.18. The van der Waals surface area contributed by atoms with Gasteiger partial charge in [-0.25, -0.2) is 0 Å². The van der Waals surface area contributed by atoms with Crippen LogP contribution in [0.3, 0.4) is 0 Å². The average molecular weight is 298 g/mol. The Kier molecular flexibility index (Phi) is 7.39. The number of alkyl halides is 1. The molecule has 0 fully saturated rings. The van der Waals surface area contributed by atoms with Gasteiger partial charge in [0.25, 0.3) is 0 Å². The van der Waals surface area contributed by atoms with E-state index in [4.69, 9.17) is 21.6 Å².